The molecule has 0 aliphatic rings. The predicted molar refractivity (Wildman–Crippen MR) is 58.8 cm³/mol. The topological polar surface area (TPSA) is 90.6 Å². The third-order valence-electron chi connectivity index (χ3n) is 1.45. The van der Waals surface area contributed by atoms with Crippen molar-refractivity contribution in [3.05, 3.63) is 0 Å². The van der Waals surface area contributed by atoms with Crippen molar-refractivity contribution in [2.24, 2.45) is 5.73 Å². The number of carbonyl (C=O) groups is 2. The molecule has 0 saturated heterocycles. The van der Waals surface area contributed by atoms with Crippen molar-refractivity contribution in [2.45, 2.75) is 39.3 Å². The van der Waals surface area contributed by atoms with Crippen molar-refractivity contribution in [3.63, 3.8) is 0 Å². The highest BCUT2D eigenvalue weighted by molar-refractivity contribution is 5.77. The van der Waals surface area contributed by atoms with Gasteiger partial charge in [-0.15, -0.1) is 0 Å². The largest absolute Gasteiger partial charge is 0.465 e. The maximum Gasteiger partial charge on any atom is 0.407 e. The molecule has 0 aliphatic carbocycles. The van der Waals surface area contributed by atoms with Gasteiger partial charge in [0.15, 0.2) is 0 Å². The van der Waals surface area contributed by atoms with E-state index in [1.807, 2.05) is 0 Å². The van der Waals surface area contributed by atoms with Crippen molar-refractivity contribution in [3.8, 4) is 0 Å². The molecule has 0 spiro atoms. The zero-order valence-corrected chi connectivity index (χ0v) is 10.2. The van der Waals surface area contributed by atoms with Crippen LogP contribution < -0.4 is 11.1 Å². The zero-order chi connectivity index (χ0) is 12.8. The van der Waals surface area contributed by atoms with Gasteiger partial charge in [0.2, 0.25) is 0 Å². The van der Waals surface area contributed by atoms with Crippen LogP contribution in [0, 0.1) is 0 Å². The fourth-order valence-electron chi connectivity index (χ4n) is 0.840. The van der Waals surface area contributed by atoms with E-state index in [0.29, 0.717) is 0 Å². The molecule has 0 aromatic carbocycles. The Bertz CT molecular complexity index is 248. The van der Waals surface area contributed by atoms with Gasteiger partial charge in [0.05, 0.1) is 6.61 Å². The number of amides is 1. The molecular weight excluding hydrogens is 212 g/mol. The van der Waals surface area contributed by atoms with Crippen molar-refractivity contribution in [1.82, 2.24) is 5.32 Å². The van der Waals surface area contributed by atoms with Crippen LogP contribution in [0.2, 0.25) is 0 Å². The molecule has 0 radical (unpaired) electrons. The fourth-order valence-corrected chi connectivity index (χ4v) is 0.840. The molecule has 3 N–H and O–H groups in total. The van der Waals surface area contributed by atoms with E-state index < -0.39 is 23.7 Å². The van der Waals surface area contributed by atoms with Crippen LogP contribution in [0.3, 0.4) is 0 Å². The molecule has 0 aromatic heterocycles. The number of carbonyl (C=O) groups excluding carboxylic acids is 2. The number of nitrogens with two attached hydrogens (primary N) is 1. The second-order valence-electron chi connectivity index (χ2n) is 4.24. The Balaban J connectivity index is 3.88. The van der Waals surface area contributed by atoms with E-state index in [4.69, 9.17) is 10.5 Å². The van der Waals surface area contributed by atoms with Gasteiger partial charge in [0.1, 0.15) is 11.6 Å². The van der Waals surface area contributed by atoms with Gasteiger partial charge in [0.25, 0.3) is 0 Å². The highest BCUT2D eigenvalue weighted by atomic mass is 16.6. The van der Waals surface area contributed by atoms with Crippen molar-refractivity contribution in [2.75, 3.05) is 13.2 Å². The van der Waals surface area contributed by atoms with Crippen LogP contribution in [0.5, 0.6) is 0 Å². The summed E-state index contributed by atoms with van der Waals surface area (Å²) in [5.74, 6) is -0.543. The quantitative estimate of drug-likeness (QED) is 0.685. The lowest BCUT2D eigenvalue weighted by Crippen LogP contribution is -2.44. The van der Waals surface area contributed by atoms with Gasteiger partial charge in [-0.1, -0.05) is 0 Å². The van der Waals surface area contributed by atoms with Gasteiger partial charge < -0.3 is 20.5 Å². The zero-order valence-electron chi connectivity index (χ0n) is 10.2. The molecule has 94 valence electrons. The fraction of sp³-hybridized carbons (Fsp3) is 0.800. The van der Waals surface area contributed by atoms with Crippen molar-refractivity contribution < 1.29 is 19.1 Å². The second-order valence-corrected chi connectivity index (χ2v) is 4.24. The third-order valence-corrected chi connectivity index (χ3v) is 1.45. The molecule has 1 amide bonds. The molecule has 6 nitrogen and oxygen atoms in total. The Labute approximate surface area is 95.5 Å². The SMILES string of the molecule is CCOC(=O)C(N)CNC(=O)OC(C)(C)C. The van der Waals surface area contributed by atoms with E-state index in [1.54, 1.807) is 27.7 Å². The molecule has 0 heterocycles. The van der Waals surface area contributed by atoms with Crippen molar-refractivity contribution >= 4 is 12.1 Å². The van der Waals surface area contributed by atoms with Gasteiger partial charge >= 0.3 is 12.1 Å². The standard InChI is InChI=1S/C10H20N2O4/c1-5-15-8(13)7(11)6-12-9(14)16-10(2,3)4/h7H,5-6,11H2,1-4H3,(H,12,14). The van der Waals surface area contributed by atoms with Crippen molar-refractivity contribution in [1.29, 1.82) is 0 Å². The first kappa shape index (κ1) is 14.7. The lowest BCUT2D eigenvalue weighted by atomic mass is 10.2. The molecule has 16 heavy (non-hydrogen) atoms. The van der Waals surface area contributed by atoms with Crippen LogP contribution in [-0.2, 0) is 14.3 Å². The maximum atomic E-state index is 11.2. The molecular formula is C10H20N2O4. The summed E-state index contributed by atoms with van der Waals surface area (Å²) in [5.41, 5.74) is 4.90. The van der Waals surface area contributed by atoms with E-state index in [9.17, 15) is 9.59 Å². The Kier molecular flexibility index (Phi) is 5.81. The Morgan fingerprint density at radius 3 is 2.38 bits per heavy atom. The molecule has 0 bridgehead atoms. The molecule has 0 aromatic rings. The van der Waals surface area contributed by atoms with E-state index in [0.717, 1.165) is 0 Å². The second kappa shape index (κ2) is 6.32. The van der Waals surface area contributed by atoms with Crippen LogP contribution in [0.4, 0.5) is 4.79 Å². The van der Waals surface area contributed by atoms with E-state index >= 15 is 0 Å². The maximum absolute atomic E-state index is 11.2. The Morgan fingerprint density at radius 1 is 1.38 bits per heavy atom. The monoisotopic (exact) mass is 232 g/mol. The van der Waals surface area contributed by atoms with Crippen LogP contribution >= 0.6 is 0 Å². The molecule has 0 aliphatic heterocycles. The summed E-state index contributed by atoms with van der Waals surface area (Å²) in [6.07, 6.45) is -0.604. The lowest BCUT2D eigenvalue weighted by molar-refractivity contribution is -0.144. The summed E-state index contributed by atoms with van der Waals surface area (Å²) in [7, 11) is 0. The predicted octanol–water partition coefficient (Wildman–Crippen LogP) is 0.401. The van der Waals surface area contributed by atoms with Crippen LogP contribution in [0.15, 0.2) is 0 Å². The van der Waals surface area contributed by atoms with Gasteiger partial charge in [0, 0.05) is 6.54 Å². The van der Waals surface area contributed by atoms with E-state index in [1.165, 1.54) is 0 Å². The first-order valence-corrected chi connectivity index (χ1v) is 5.15. The number of nitrogens with one attached hydrogen (secondary N) is 1. The van der Waals surface area contributed by atoms with Gasteiger partial charge in [-0.3, -0.25) is 4.79 Å². The highest BCUT2D eigenvalue weighted by Gasteiger charge is 2.19. The highest BCUT2D eigenvalue weighted by Crippen LogP contribution is 2.06. The van der Waals surface area contributed by atoms with E-state index in [-0.39, 0.29) is 13.2 Å². The molecule has 0 saturated carbocycles. The molecule has 1 unspecified atom stereocenters. The number of rotatable bonds is 4. The minimum Gasteiger partial charge on any atom is -0.465 e. The summed E-state index contributed by atoms with van der Waals surface area (Å²) in [4.78, 5) is 22.3. The first-order valence-electron chi connectivity index (χ1n) is 5.15. The minimum atomic E-state index is -0.868. The first-order chi connectivity index (χ1) is 7.26. The van der Waals surface area contributed by atoms with Gasteiger partial charge in [-0.05, 0) is 27.7 Å². The molecule has 0 fully saturated rings. The minimum absolute atomic E-state index is 0.00620. The Hall–Kier alpha value is -1.30. The summed E-state index contributed by atoms with van der Waals surface area (Å²) in [6.45, 7) is 7.19. The molecule has 1 atom stereocenters. The van der Waals surface area contributed by atoms with Gasteiger partial charge in [-0.2, -0.15) is 0 Å². The lowest BCUT2D eigenvalue weighted by Gasteiger charge is -2.20. The average Bonchev–Trinajstić information content (AvgIpc) is 2.11. The summed E-state index contributed by atoms with van der Waals surface area (Å²) >= 11 is 0. The summed E-state index contributed by atoms with van der Waals surface area (Å²) in [6, 6.07) is -0.868. The number of esters is 1. The smallest absolute Gasteiger partial charge is 0.407 e. The number of hydrogen-bond acceptors (Lipinski definition) is 5. The molecule has 6 heteroatoms. The normalized spacial score (nSPS) is 12.8. The third kappa shape index (κ3) is 7.05. The van der Waals surface area contributed by atoms with E-state index in [2.05, 4.69) is 10.1 Å². The molecule has 0 rings (SSSR count). The van der Waals surface area contributed by atoms with Crippen LogP contribution in [-0.4, -0.2) is 36.9 Å². The Morgan fingerprint density at radius 2 is 1.94 bits per heavy atom. The number of hydrogen-bond donors (Lipinski definition) is 2. The van der Waals surface area contributed by atoms with Crippen LogP contribution in [0.1, 0.15) is 27.7 Å². The van der Waals surface area contributed by atoms with Crippen LogP contribution in [0.25, 0.3) is 0 Å². The average molecular weight is 232 g/mol. The summed E-state index contributed by atoms with van der Waals surface area (Å²) < 4.78 is 9.65. The number of alkyl carbamates (subject to hydrolysis) is 1. The van der Waals surface area contributed by atoms with Gasteiger partial charge in [-0.25, -0.2) is 4.79 Å². The summed E-state index contributed by atoms with van der Waals surface area (Å²) in [5, 5.41) is 2.39. The number of ether oxygens (including phenoxy) is 2.